The number of rotatable bonds is 5. The van der Waals surface area contributed by atoms with E-state index in [4.69, 9.17) is 13.9 Å². The highest BCUT2D eigenvalue weighted by Crippen LogP contribution is 2.42. The number of hydrogen-bond donors (Lipinski definition) is 1. The molecule has 2 aromatic rings. The second kappa shape index (κ2) is 6.74. The molecule has 24 heavy (non-hydrogen) atoms. The summed E-state index contributed by atoms with van der Waals surface area (Å²) in [6.07, 6.45) is 1.31. The molecule has 128 valence electrons. The minimum Gasteiger partial charge on any atom is -0.475 e. The van der Waals surface area contributed by atoms with Crippen molar-refractivity contribution in [2.45, 2.75) is 40.5 Å². The van der Waals surface area contributed by atoms with Gasteiger partial charge < -0.3 is 19.0 Å². The lowest BCUT2D eigenvalue weighted by molar-refractivity contribution is -0.133. The molecule has 0 spiro atoms. The number of fused-ring (bicyclic) bond motifs is 1. The Balaban J connectivity index is 2.88. The molecule has 0 aliphatic rings. The monoisotopic (exact) mass is 334 g/mol. The van der Waals surface area contributed by atoms with Crippen LogP contribution < -0.4 is 9.47 Å². The molecule has 1 N–H and O–H groups in total. The lowest BCUT2D eigenvalue weighted by atomic mass is 10.0. The highest BCUT2D eigenvalue weighted by molar-refractivity contribution is 6.01. The van der Waals surface area contributed by atoms with Gasteiger partial charge in [-0.1, -0.05) is 13.3 Å². The van der Waals surface area contributed by atoms with Crippen LogP contribution >= 0.6 is 0 Å². The van der Waals surface area contributed by atoms with Crippen LogP contribution in [0.1, 0.15) is 48.9 Å². The van der Waals surface area contributed by atoms with E-state index < -0.39 is 17.9 Å². The zero-order valence-corrected chi connectivity index (χ0v) is 13.9. The molecule has 0 atom stereocenters. The van der Waals surface area contributed by atoms with Crippen LogP contribution in [0, 0.1) is 6.92 Å². The molecule has 1 aromatic heterocycles. The highest BCUT2D eigenvalue weighted by atomic mass is 16.5. The first-order valence-corrected chi connectivity index (χ1v) is 7.45. The summed E-state index contributed by atoms with van der Waals surface area (Å²) < 4.78 is 15.8. The van der Waals surface area contributed by atoms with Gasteiger partial charge in [-0.15, -0.1) is 0 Å². The van der Waals surface area contributed by atoms with Gasteiger partial charge in [0.25, 0.3) is 0 Å². The Bertz CT molecular complexity index is 829. The number of carbonyl (C=O) groups excluding carboxylic acids is 2. The quantitative estimate of drug-likeness (QED) is 0.661. The van der Waals surface area contributed by atoms with Gasteiger partial charge in [0.15, 0.2) is 11.3 Å². The number of furan rings is 1. The lowest BCUT2D eigenvalue weighted by Crippen LogP contribution is -2.07. The third-order valence-corrected chi connectivity index (χ3v) is 3.41. The summed E-state index contributed by atoms with van der Waals surface area (Å²) in [5, 5.41) is 9.60. The molecule has 7 heteroatoms. The molecule has 0 bridgehead atoms. The molecule has 0 unspecified atom stereocenters. The average molecular weight is 334 g/mol. The van der Waals surface area contributed by atoms with Gasteiger partial charge in [-0.25, -0.2) is 4.79 Å². The van der Waals surface area contributed by atoms with Gasteiger partial charge in [0.1, 0.15) is 5.75 Å². The molecule has 0 saturated carbocycles. The van der Waals surface area contributed by atoms with Gasteiger partial charge in [-0.2, -0.15) is 0 Å². The Labute approximate surface area is 138 Å². The summed E-state index contributed by atoms with van der Waals surface area (Å²) in [6, 6.07) is 1.54. The summed E-state index contributed by atoms with van der Waals surface area (Å²) in [6.45, 7) is 5.99. The van der Waals surface area contributed by atoms with Crippen LogP contribution in [0.5, 0.6) is 11.5 Å². The molecule has 0 aliphatic carbocycles. The van der Waals surface area contributed by atoms with Crippen molar-refractivity contribution in [3.8, 4) is 11.5 Å². The van der Waals surface area contributed by atoms with Crippen molar-refractivity contribution in [1.29, 1.82) is 0 Å². The Kier molecular flexibility index (Phi) is 4.92. The topological polar surface area (TPSA) is 103 Å². The normalized spacial score (nSPS) is 10.7. The Hall–Kier alpha value is -2.83. The molecule has 7 nitrogen and oxygen atoms in total. The number of ether oxygens (including phenoxy) is 2. The van der Waals surface area contributed by atoms with Crippen molar-refractivity contribution in [3.63, 3.8) is 0 Å². The number of hydrogen-bond acceptors (Lipinski definition) is 6. The van der Waals surface area contributed by atoms with Crippen molar-refractivity contribution in [1.82, 2.24) is 0 Å². The van der Waals surface area contributed by atoms with E-state index in [0.29, 0.717) is 22.9 Å². The van der Waals surface area contributed by atoms with Gasteiger partial charge in [0, 0.05) is 19.4 Å². The summed E-state index contributed by atoms with van der Waals surface area (Å²) in [7, 11) is 0. The first-order valence-electron chi connectivity index (χ1n) is 7.45. The molecule has 0 fully saturated rings. The van der Waals surface area contributed by atoms with E-state index in [1.165, 1.54) is 13.8 Å². The van der Waals surface area contributed by atoms with Crippen molar-refractivity contribution in [3.05, 3.63) is 23.0 Å². The predicted molar refractivity (Wildman–Crippen MR) is 84.5 cm³/mol. The van der Waals surface area contributed by atoms with E-state index in [1.54, 1.807) is 13.0 Å². The minimum atomic E-state index is -1.26. The summed E-state index contributed by atoms with van der Waals surface area (Å²) in [5.74, 6) is -2.31. The third-order valence-electron chi connectivity index (χ3n) is 3.41. The molecule has 2 rings (SSSR count). The lowest BCUT2D eigenvalue weighted by Gasteiger charge is -2.12. The summed E-state index contributed by atoms with van der Waals surface area (Å²) in [5.41, 5.74) is 1.01. The number of esters is 2. The van der Waals surface area contributed by atoms with E-state index in [1.807, 2.05) is 6.92 Å². The first-order chi connectivity index (χ1) is 11.3. The van der Waals surface area contributed by atoms with Gasteiger partial charge in [0.05, 0.1) is 5.39 Å². The maximum Gasteiger partial charge on any atom is 0.372 e. The van der Waals surface area contributed by atoms with Crippen molar-refractivity contribution in [2.75, 3.05) is 0 Å². The number of carboxylic acids is 1. The van der Waals surface area contributed by atoms with Crippen LogP contribution in [-0.2, 0) is 16.0 Å². The van der Waals surface area contributed by atoms with Crippen LogP contribution in [0.25, 0.3) is 11.0 Å². The van der Waals surface area contributed by atoms with Gasteiger partial charge in [-0.3, -0.25) is 9.59 Å². The van der Waals surface area contributed by atoms with E-state index in [0.717, 1.165) is 6.42 Å². The minimum absolute atomic E-state index is 0.0659. The number of aromatic carboxylic acids is 1. The summed E-state index contributed by atoms with van der Waals surface area (Å²) >= 11 is 0. The number of carbonyl (C=O) groups is 3. The zero-order valence-electron chi connectivity index (χ0n) is 13.9. The van der Waals surface area contributed by atoms with Crippen molar-refractivity contribution >= 4 is 28.9 Å². The van der Waals surface area contributed by atoms with Gasteiger partial charge >= 0.3 is 17.9 Å². The second-order valence-electron chi connectivity index (χ2n) is 5.37. The fraction of sp³-hybridized carbons (Fsp3) is 0.353. The second-order valence-corrected chi connectivity index (χ2v) is 5.37. The molecular formula is C17H18O7. The molecule has 0 saturated heterocycles. The number of carboxylic acid groups (broad SMARTS) is 1. The fourth-order valence-corrected chi connectivity index (χ4v) is 2.56. The maximum absolute atomic E-state index is 11.5. The SMILES string of the molecule is CCCc1cc(OC(C)=O)c2oc(C(=O)O)c(C)c2c1OC(C)=O. The Morgan fingerprint density at radius 1 is 1.17 bits per heavy atom. The fourth-order valence-electron chi connectivity index (χ4n) is 2.56. The first kappa shape index (κ1) is 17.5. The smallest absolute Gasteiger partial charge is 0.372 e. The van der Waals surface area contributed by atoms with Crippen LogP contribution in [-0.4, -0.2) is 23.0 Å². The van der Waals surface area contributed by atoms with E-state index in [9.17, 15) is 19.5 Å². The molecule has 1 heterocycles. The Morgan fingerprint density at radius 3 is 2.29 bits per heavy atom. The van der Waals surface area contributed by atoms with Crippen molar-refractivity contribution < 1.29 is 33.4 Å². The highest BCUT2D eigenvalue weighted by Gasteiger charge is 2.26. The third kappa shape index (κ3) is 3.24. The zero-order chi connectivity index (χ0) is 18.0. The largest absolute Gasteiger partial charge is 0.475 e. The van der Waals surface area contributed by atoms with E-state index >= 15 is 0 Å². The molecule has 0 aliphatic heterocycles. The number of aryl methyl sites for hydroxylation is 2. The van der Waals surface area contributed by atoms with Crippen LogP contribution in [0.3, 0.4) is 0 Å². The molecule has 0 amide bonds. The van der Waals surface area contributed by atoms with Crippen molar-refractivity contribution in [2.24, 2.45) is 0 Å². The van der Waals surface area contributed by atoms with Crippen LogP contribution in [0.2, 0.25) is 0 Å². The maximum atomic E-state index is 11.5. The van der Waals surface area contributed by atoms with Crippen LogP contribution in [0.4, 0.5) is 0 Å². The van der Waals surface area contributed by atoms with E-state index in [2.05, 4.69) is 0 Å². The number of benzene rings is 1. The van der Waals surface area contributed by atoms with Gasteiger partial charge in [-0.05, 0) is 25.0 Å². The van der Waals surface area contributed by atoms with Crippen LogP contribution in [0.15, 0.2) is 10.5 Å². The molecular weight excluding hydrogens is 316 g/mol. The molecule has 1 aromatic carbocycles. The standard InChI is InChI=1S/C17H18O7/c1-5-6-11-7-12(22-9(3)18)16-13(15(11)23-10(4)19)8(2)14(24-16)17(20)21/h7H,5-6H2,1-4H3,(H,20,21). The molecule has 0 radical (unpaired) electrons. The average Bonchev–Trinajstić information content (AvgIpc) is 2.80. The van der Waals surface area contributed by atoms with E-state index in [-0.39, 0.29) is 22.8 Å². The van der Waals surface area contributed by atoms with Gasteiger partial charge in [0.2, 0.25) is 5.76 Å². The predicted octanol–water partition coefficient (Wildman–Crippen LogP) is 3.24. The Morgan fingerprint density at radius 2 is 1.79 bits per heavy atom. The summed E-state index contributed by atoms with van der Waals surface area (Å²) in [4.78, 5) is 34.2.